The molecule has 1 aromatic heterocycles. The molecule has 1 N–H and O–H groups in total. The van der Waals surface area contributed by atoms with E-state index >= 15 is 0 Å². The second-order valence-corrected chi connectivity index (χ2v) is 13.2. The fourth-order valence-electron chi connectivity index (χ4n) is 6.57. The molecule has 0 bridgehead atoms. The van der Waals surface area contributed by atoms with E-state index < -0.39 is 5.60 Å². The molecule has 1 aliphatic heterocycles. The standard InChI is InChI=1S/C38H41N5O3Si/c1-37(2,3)33(38(46-47,28-14-8-5-9-15-28)29-16-10-6-11-17-29)26-43-34-27(24-39-35(41-34)40-30-18-12-7-13-19-30)25-42(36(43)44)31-20-22-32(45-4)23-21-31/h5-24,33H,25-26H2,1-4,47H3,(H,39,40,41)/t33-/m0/s1. The Bertz CT molecular complexity index is 1760. The van der Waals surface area contributed by atoms with Gasteiger partial charge in [-0.05, 0) is 52.9 Å². The lowest BCUT2D eigenvalue weighted by molar-refractivity contribution is -0.00144. The number of carbonyl (C=O) groups is 1. The number of benzene rings is 4. The summed E-state index contributed by atoms with van der Waals surface area (Å²) in [5, 5.41) is 3.31. The third-order valence-electron chi connectivity index (χ3n) is 8.93. The maximum Gasteiger partial charge on any atom is 0.330 e. The van der Waals surface area contributed by atoms with E-state index in [2.05, 4.69) is 79.6 Å². The largest absolute Gasteiger partial charge is 0.497 e. The Morgan fingerprint density at radius 3 is 1.96 bits per heavy atom. The zero-order valence-corrected chi connectivity index (χ0v) is 29.6. The topological polar surface area (TPSA) is 79.8 Å². The molecule has 0 spiro atoms. The molecule has 0 unspecified atom stereocenters. The number of amides is 2. The number of hydrogen-bond donors (Lipinski definition) is 1. The van der Waals surface area contributed by atoms with Crippen LogP contribution in [0.4, 0.5) is 27.9 Å². The number of ether oxygens (including phenoxy) is 1. The van der Waals surface area contributed by atoms with Crippen molar-refractivity contribution in [2.24, 2.45) is 11.3 Å². The third kappa shape index (κ3) is 6.37. The van der Waals surface area contributed by atoms with E-state index in [0.29, 0.717) is 35.3 Å². The lowest BCUT2D eigenvalue weighted by atomic mass is 9.65. The van der Waals surface area contributed by atoms with Crippen LogP contribution in [0.25, 0.3) is 0 Å². The smallest absolute Gasteiger partial charge is 0.330 e. The maximum atomic E-state index is 14.8. The molecule has 0 saturated heterocycles. The fraction of sp³-hybridized carbons (Fsp3) is 0.237. The molecule has 6 rings (SSSR count). The molecule has 8 nitrogen and oxygen atoms in total. The fourth-order valence-corrected chi connectivity index (χ4v) is 7.33. The highest BCUT2D eigenvalue weighted by atomic mass is 28.2. The normalized spacial score (nSPS) is 14.1. The first-order valence-corrected chi connectivity index (χ1v) is 16.6. The van der Waals surface area contributed by atoms with Crippen LogP contribution in [0.1, 0.15) is 37.5 Å². The first-order valence-electron chi connectivity index (χ1n) is 15.8. The van der Waals surface area contributed by atoms with Gasteiger partial charge in [0.15, 0.2) is 0 Å². The van der Waals surface area contributed by atoms with E-state index in [-0.39, 0.29) is 17.4 Å². The first kappa shape index (κ1) is 32.0. The quantitative estimate of drug-likeness (QED) is 0.164. The number of urea groups is 1. The van der Waals surface area contributed by atoms with Crippen molar-refractivity contribution in [3.63, 3.8) is 0 Å². The lowest BCUT2D eigenvalue weighted by Gasteiger charge is -2.50. The highest BCUT2D eigenvalue weighted by Crippen LogP contribution is 2.49. The Balaban J connectivity index is 1.50. The van der Waals surface area contributed by atoms with Crippen molar-refractivity contribution < 1.29 is 14.0 Å². The predicted octanol–water partition coefficient (Wildman–Crippen LogP) is 7.08. The van der Waals surface area contributed by atoms with Crippen LogP contribution in [0.2, 0.25) is 0 Å². The van der Waals surface area contributed by atoms with Crippen LogP contribution in [-0.2, 0) is 16.6 Å². The summed E-state index contributed by atoms with van der Waals surface area (Å²) in [7, 11) is 2.11. The summed E-state index contributed by atoms with van der Waals surface area (Å²) in [6.07, 6.45) is 1.82. The van der Waals surface area contributed by atoms with Crippen molar-refractivity contribution >= 4 is 39.7 Å². The molecule has 4 aromatic carbocycles. The number of anilines is 4. The number of nitrogens with one attached hydrogen (secondary N) is 1. The summed E-state index contributed by atoms with van der Waals surface area (Å²) >= 11 is 0. The van der Waals surface area contributed by atoms with Crippen LogP contribution in [-0.4, -0.2) is 40.1 Å². The van der Waals surface area contributed by atoms with Crippen LogP contribution in [0.3, 0.4) is 0 Å². The Hall–Kier alpha value is -4.99. The monoisotopic (exact) mass is 643 g/mol. The number of fused-ring (bicyclic) bond motifs is 1. The van der Waals surface area contributed by atoms with Gasteiger partial charge in [-0.3, -0.25) is 9.80 Å². The Kier molecular flexibility index (Phi) is 9.11. The van der Waals surface area contributed by atoms with Gasteiger partial charge in [0.05, 0.1) is 13.7 Å². The number of aromatic nitrogens is 2. The molecule has 2 amide bonds. The van der Waals surface area contributed by atoms with E-state index in [1.807, 2.05) is 77.8 Å². The van der Waals surface area contributed by atoms with Gasteiger partial charge >= 0.3 is 6.03 Å². The van der Waals surface area contributed by atoms with Crippen molar-refractivity contribution in [3.05, 3.63) is 138 Å². The Labute approximate surface area is 279 Å². The van der Waals surface area contributed by atoms with Gasteiger partial charge in [0.1, 0.15) is 27.7 Å². The van der Waals surface area contributed by atoms with E-state index in [1.54, 1.807) is 12.0 Å². The van der Waals surface area contributed by atoms with Crippen molar-refractivity contribution in [1.82, 2.24) is 9.97 Å². The van der Waals surface area contributed by atoms with Gasteiger partial charge in [-0.1, -0.05) is 99.6 Å². The summed E-state index contributed by atoms with van der Waals surface area (Å²) in [6.45, 7) is 7.34. The molecule has 47 heavy (non-hydrogen) atoms. The van der Waals surface area contributed by atoms with Gasteiger partial charge in [-0.15, -0.1) is 0 Å². The van der Waals surface area contributed by atoms with Crippen LogP contribution >= 0.6 is 0 Å². The maximum absolute atomic E-state index is 14.8. The minimum Gasteiger partial charge on any atom is -0.497 e. The van der Waals surface area contributed by atoms with Gasteiger partial charge in [0.2, 0.25) is 5.95 Å². The summed E-state index contributed by atoms with van der Waals surface area (Å²) in [6, 6.07) is 38.0. The highest BCUT2D eigenvalue weighted by molar-refractivity contribution is 6.05. The molecule has 9 heteroatoms. The molecule has 0 fully saturated rings. The Morgan fingerprint density at radius 1 is 0.851 bits per heavy atom. The van der Waals surface area contributed by atoms with Crippen LogP contribution in [0, 0.1) is 11.3 Å². The molecule has 0 saturated carbocycles. The molecule has 1 aliphatic rings. The molecule has 0 radical (unpaired) electrons. The molecular weight excluding hydrogens is 603 g/mol. The zero-order chi connectivity index (χ0) is 33.0. The molecule has 240 valence electrons. The van der Waals surface area contributed by atoms with E-state index in [1.165, 1.54) is 0 Å². The molecule has 0 aliphatic carbocycles. The summed E-state index contributed by atoms with van der Waals surface area (Å²) < 4.78 is 12.2. The lowest BCUT2D eigenvalue weighted by Crippen LogP contribution is -2.56. The number of rotatable bonds is 10. The summed E-state index contributed by atoms with van der Waals surface area (Å²) in [4.78, 5) is 28.0. The molecule has 1 atom stereocenters. The second-order valence-electron chi connectivity index (χ2n) is 12.8. The molecule has 5 aromatic rings. The average molecular weight is 644 g/mol. The van der Waals surface area contributed by atoms with Crippen LogP contribution < -0.4 is 19.9 Å². The number of nitrogens with zero attached hydrogens (tertiary/aromatic N) is 4. The summed E-state index contributed by atoms with van der Waals surface area (Å²) in [5.41, 5.74) is 3.44. The molecular formula is C38H41N5O3Si. The summed E-state index contributed by atoms with van der Waals surface area (Å²) in [5.74, 6) is 1.55. The SMILES string of the molecule is COc1ccc(N2Cc3cnc(Nc4ccccc4)nc3N(C[C@@H](C(C)(C)C)C(O[SiH3])(c3ccccc3)c3ccccc3)C2=O)cc1. The van der Waals surface area contributed by atoms with Gasteiger partial charge in [-0.2, -0.15) is 4.98 Å². The van der Waals surface area contributed by atoms with Gasteiger partial charge in [0, 0.05) is 35.6 Å². The van der Waals surface area contributed by atoms with Crippen molar-refractivity contribution in [3.8, 4) is 5.75 Å². The highest BCUT2D eigenvalue weighted by Gasteiger charge is 2.50. The van der Waals surface area contributed by atoms with E-state index in [9.17, 15) is 4.79 Å². The number of para-hydroxylation sites is 1. The van der Waals surface area contributed by atoms with Gasteiger partial charge in [0.25, 0.3) is 0 Å². The average Bonchev–Trinajstić information content (AvgIpc) is 3.10. The van der Waals surface area contributed by atoms with Crippen molar-refractivity contribution in [2.75, 3.05) is 28.8 Å². The number of carbonyl (C=O) groups excluding carboxylic acids is 1. The first-order chi connectivity index (χ1) is 22.7. The van der Waals surface area contributed by atoms with Crippen molar-refractivity contribution in [1.29, 1.82) is 0 Å². The van der Waals surface area contributed by atoms with E-state index in [0.717, 1.165) is 33.8 Å². The third-order valence-corrected chi connectivity index (χ3v) is 9.57. The van der Waals surface area contributed by atoms with Crippen LogP contribution in [0.5, 0.6) is 5.75 Å². The zero-order valence-electron chi connectivity index (χ0n) is 27.6. The predicted molar refractivity (Wildman–Crippen MR) is 191 cm³/mol. The minimum atomic E-state index is -0.825. The Morgan fingerprint density at radius 2 is 1.43 bits per heavy atom. The van der Waals surface area contributed by atoms with Gasteiger partial charge in [-0.25, -0.2) is 9.78 Å². The van der Waals surface area contributed by atoms with Gasteiger partial charge < -0.3 is 14.5 Å². The van der Waals surface area contributed by atoms with Crippen LogP contribution in [0.15, 0.2) is 121 Å². The van der Waals surface area contributed by atoms with E-state index in [4.69, 9.17) is 14.1 Å². The molecule has 2 heterocycles. The number of hydrogen-bond acceptors (Lipinski definition) is 6. The van der Waals surface area contributed by atoms with Crippen molar-refractivity contribution in [2.45, 2.75) is 32.9 Å². The number of methoxy groups -OCH3 is 1. The minimum absolute atomic E-state index is 0.162. The second kappa shape index (κ2) is 13.4.